The van der Waals surface area contributed by atoms with Crippen LogP contribution in [0.4, 0.5) is 4.39 Å². The van der Waals surface area contributed by atoms with Gasteiger partial charge in [-0.2, -0.15) is 0 Å². The number of rotatable bonds is 6. The summed E-state index contributed by atoms with van der Waals surface area (Å²) in [7, 11) is 1.56. The lowest BCUT2D eigenvalue weighted by molar-refractivity contribution is -0.151. The summed E-state index contributed by atoms with van der Waals surface area (Å²) in [6, 6.07) is 0.504. The maximum atomic E-state index is 15.0. The van der Waals surface area contributed by atoms with Gasteiger partial charge < -0.3 is 9.64 Å². The quantitative estimate of drug-likeness (QED) is 0.734. The first-order valence-corrected chi connectivity index (χ1v) is 9.07. The van der Waals surface area contributed by atoms with Crippen molar-refractivity contribution in [2.75, 3.05) is 13.7 Å². The van der Waals surface area contributed by atoms with E-state index in [1.165, 1.54) is 45.4 Å². The zero-order chi connectivity index (χ0) is 16.0. The van der Waals surface area contributed by atoms with Crippen LogP contribution in [0, 0.1) is 0 Å². The third-order valence-electron chi connectivity index (χ3n) is 5.39. The Hall–Kier alpha value is -0.640. The second-order valence-corrected chi connectivity index (χ2v) is 7.24. The molecule has 0 spiro atoms. The van der Waals surface area contributed by atoms with Gasteiger partial charge in [0.2, 0.25) is 0 Å². The molecule has 4 heteroatoms. The molecule has 0 N–H and O–H groups in total. The lowest BCUT2D eigenvalue weighted by atomic mass is 9.87. The molecule has 0 aliphatic heterocycles. The van der Waals surface area contributed by atoms with Gasteiger partial charge >= 0.3 is 0 Å². The van der Waals surface area contributed by atoms with Crippen LogP contribution in [0.3, 0.4) is 0 Å². The van der Waals surface area contributed by atoms with Crippen molar-refractivity contribution in [3.63, 3.8) is 0 Å². The standard InChI is InChI=1S/C18H32FNO2/c1-18(19,13-14-22-2)17(21)20(15-9-5-3-6-10-15)16-11-7-4-8-12-16/h15-16H,3-14H2,1-2H3. The van der Waals surface area contributed by atoms with Crippen LogP contribution in [-0.4, -0.2) is 42.3 Å². The number of ether oxygens (including phenoxy) is 1. The van der Waals surface area contributed by atoms with E-state index >= 15 is 0 Å². The largest absolute Gasteiger partial charge is 0.385 e. The van der Waals surface area contributed by atoms with Crippen LogP contribution in [0.25, 0.3) is 0 Å². The van der Waals surface area contributed by atoms with Gasteiger partial charge in [0.05, 0.1) is 0 Å². The molecule has 22 heavy (non-hydrogen) atoms. The normalized spacial score (nSPS) is 24.0. The van der Waals surface area contributed by atoms with Gasteiger partial charge in [0, 0.05) is 32.2 Å². The molecule has 0 radical (unpaired) electrons. The predicted octanol–water partition coefficient (Wildman–Crippen LogP) is 4.25. The van der Waals surface area contributed by atoms with E-state index in [0.29, 0.717) is 6.61 Å². The van der Waals surface area contributed by atoms with Gasteiger partial charge in [0.1, 0.15) is 0 Å². The van der Waals surface area contributed by atoms with Crippen LogP contribution in [0.1, 0.15) is 77.6 Å². The molecule has 0 aromatic carbocycles. The van der Waals surface area contributed by atoms with Gasteiger partial charge in [-0.1, -0.05) is 38.5 Å². The van der Waals surface area contributed by atoms with E-state index in [4.69, 9.17) is 4.74 Å². The van der Waals surface area contributed by atoms with Crippen molar-refractivity contribution in [3.8, 4) is 0 Å². The lowest BCUT2D eigenvalue weighted by Crippen LogP contribution is -2.55. The van der Waals surface area contributed by atoms with Crippen LogP contribution in [0.2, 0.25) is 0 Å². The van der Waals surface area contributed by atoms with Gasteiger partial charge in [0.25, 0.3) is 5.91 Å². The van der Waals surface area contributed by atoms with Crippen molar-refractivity contribution >= 4 is 5.91 Å². The molecule has 0 aromatic heterocycles. The summed E-state index contributed by atoms with van der Waals surface area (Å²) in [5.74, 6) is -0.289. The molecule has 1 atom stereocenters. The van der Waals surface area contributed by atoms with E-state index in [9.17, 15) is 9.18 Å². The first-order valence-electron chi connectivity index (χ1n) is 9.07. The maximum absolute atomic E-state index is 15.0. The molecule has 0 heterocycles. The zero-order valence-corrected chi connectivity index (χ0v) is 14.3. The lowest BCUT2D eigenvalue weighted by Gasteiger charge is -2.44. The van der Waals surface area contributed by atoms with Crippen molar-refractivity contribution in [2.24, 2.45) is 0 Å². The number of amides is 1. The van der Waals surface area contributed by atoms with E-state index in [1.807, 2.05) is 4.90 Å². The molecule has 0 saturated heterocycles. The number of carbonyl (C=O) groups is 1. The van der Waals surface area contributed by atoms with Gasteiger partial charge in [0.15, 0.2) is 5.67 Å². The highest BCUT2D eigenvalue weighted by Gasteiger charge is 2.42. The van der Waals surface area contributed by atoms with Crippen molar-refractivity contribution in [3.05, 3.63) is 0 Å². The second-order valence-electron chi connectivity index (χ2n) is 7.24. The van der Waals surface area contributed by atoms with Crippen molar-refractivity contribution in [2.45, 2.75) is 95.3 Å². The molecular formula is C18H32FNO2. The molecule has 2 fully saturated rings. The molecule has 1 unspecified atom stereocenters. The number of methoxy groups -OCH3 is 1. The minimum absolute atomic E-state index is 0.151. The molecule has 1 amide bonds. The topological polar surface area (TPSA) is 29.5 Å². The molecule has 2 aliphatic carbocycles. The number of alkyl halides is 1. The average Bonchev–Trinajstić information content (AvgIpc) is 2.55. The highest BCUT2D eigenvalue weighted by atomic mass is 19.1. The molecule has 128 valence electrons. The zero-order valence-electron chi connectivity index (χ0n) is 14.3. The molecule has 2 rings (SSSR count). The maximum Gasteiger partial charge on any atom is 0.260 e. The number of hydrogen-bond donors (Lipinski definition) is 0. The molecule has 3 nitrogen and oxygen atoms in total. The number of hydrogen-bond acceptors (Lipinski definition) is 2. The average molecular weight is 313 g/mol. The Morgan fingerprint density at radius 3 is 1.91 bits per heavy atom. The number of nitrogens with zero attached hydrogens (tertiary/aromatic N) is 1. The first-order chi connectivity index (χ1) is 10.6. The van der Waals surface area contributed by atoms with Crippen molar-refractivity contribution in [1.29, 1.82) is 0 Å². The van der Waals surface area contributed by atoms with Crippen LogP contribution in [0.5, 0.6) is 0 Å². The van der Waals surface area contributed by atoms with Crippen molar-refractivity contribution < 1.29 is 13.9 Å². The Morgan fingerprint density at radius 2 is 1.50 bits per heavy atom. The first kappa shape index (κ1) is 17.7. The predicted molar refractivity (Wildman–Crippen MR) is 86.6 cm³/mol. The summed E-state index contributed by atoms with van der Waals surface area (Å²) < 4.78 is 19.9. The van der Waals surface area contributed by atoms with Crippen LogP contribution >= 0.6 is 0 Å². The smallest absolute Gasteiger partial charge is 0.260 e. The highest BCUT2D eigenvalue weighted by molar-refractivity contribution is 5.85. The fourth-order valence-corrected chi connectivity index (χ4v) is 4.02. The summed E-state index contributed by atoms with van der Waals surface area (Å²) >= 11 is 0. The van der Waals surface area contributed by atoms with Crippen LogP contribution < -0.4 is 0 Å². The fourth-order valence-electron chi connectivity index (χ4n) is 4.02. The van der Waals surface area contributed by atoms with Gasteiger partial charge in [-0.15, -0.1) is 0 Å². The minimum Gasteiger partial charge on any atom is -0.385 e. The third kappa shape index (κ3) is 4.43. The number of halogens is 1. The third-order valence-corrected chi connectivity index (χ3v) is 5.39. The van der Waals surface area contributed by atoms with Crippen LogP contribution in [0.15, 0.2) is 0 Å². The van der Waals surface area contributed by atoms with E-state index in [2.05, 4.69) is 0 Å². The fraction of sp³-hybridized carbons (Fsp3) is 0.944. The minimum atomic E-state index is -1.80. The van der Waals surface area contributed by atoms with E-state index in [1.54, 1.807) is 7.11 Å². The highest BCUT2D eigenvalue weighted by Crippen LogP contribution is 2.33. The Morgan fingerprint density at radius 1 is 1.05 bits per heavy atom. The van der Waals surface area contributed by atoms with E-state index in [0.717, 1.165) is 25.7 Å². The van der Waals surface area contributed by atoms with E-state index < -0.39 is 5.67 Å². The van der Waals surface area contributed by atoms with Gasteiger partial charge in [-0.3, -0.25) is 4.79 Å². The molecular weight excluding hydrogens is 281 g/mol. The summed E-state index contributed by atoms with van der Waals surface area (Å²) in [4.78, 5) is 14.9. The summed E-state index contributed by atoms with van der Waals surface area (Å²) in [6.45, 7) is 1.73. The van der Waals surface area contributed by atoms with Gasteiger partial charge in [-0.25, -0.2) is 4.39 Å². The Labute approximate surface area is 134 Å². The Kier molecular flexibility index (Phi) is 6.66. The summed E-state index contributed by atoms with van der Waals surface area (Å²) in [5.41, 5.74) is -1.80. The molecule has 2 aliphatic rings. The van der Waals surface area contributed by atoms with Crippen molar-refractivity contribution in [1.82, 2.24) is 4.90 Å². The van der Waals surface area contributed by atoms with Crippen LogP contribution in [-0.2, 0) is 9.53 Å². The summed E-state index contributed by atoms with van der Waals surface area (Å²) in [6.07, 6.45) is 11.5. The van der Waals surface area contributed by atoms with E-state index in [-0.39, 0.29) is 24.4 Å². The Bertz CT molecular complexity index is 329. The summed E-state index contributed by atoms with van der Waals surface area (Å²) in [5, 5.41) is 0. The molecule has 0 bridgehead atoms. The molecule has 0 aromatic rings. The molecule has 2 saturated carbocycles. The SMILES string of the molecule is COCCC(C)(F)C(=O)N(C1CCCCC1)C1CCCCC1. The number of carbonyl (C=O) groups excluding carboxylic acids is 1. The van der Waals surface area contributed by atoms with Gasteiger partial charge in [-0.05, 0) is 32.6 Å². The second kappa shape index (κ2) is 8.28. The monoisotopic (exact) mass is 313 g/mol. The Balaban J connectivity index is 2.12.